The van der Waals surface area contributed by atoms with Crippen LogP contribution in [0.15, 0.2) is 0 Å². The van der Waals surface area contributed by atoms with Gasteiger partial charge in [-0.3, -0.25) is 4.79 Å². The van der Waals surface area contributed by atoms with Crippen LogP contribution in [0.3, 0.4) is 0 Å². The second-order valence-electron chi connectivity index (χ2n) is 5.02. The maximum atomic E-state index is 11.8. The van der Waals surface area contributed by atoms with Crippen LogP contribution in [0.25, 0.3) is 0 Å². The molecule has 17 heavy (non-hydrogen) atoms. The molecule has 2 atom stereocenters. The van der Waals surface area contributed by atoms with Crippen LogP contribution in [0.4, 0.5) is 0 Å². The highest BCUT2D eigenvalue weighted by Gasteiger charge is 2.37. The minimum absolute atomic E-state index is 0.000347. The van der Waals surface area contributed by atoms with Crippen molar-refractivity contribution in [1.29, 1.82) is 0 Å². The topological polar surface area (TPSA) is 74.7 Å². The minimum atomic E-state index is -3.12. The van der Waals surface area contributed by atoms with E-state index in [-0.39, 0.29) is 17.6 Å². The number of hydrogen-bond donors (Lipinski definition) is 1. The zero-order valence-electron chi connectivity index (χ0n) is 9.84. The van der Waals surface area contributed by atoms with E-state index in [1.54, 1.807) is 0 Å². The molecule has 1 saturated heterocycles. The predicted molar refractivity (Wildman–Crippen MR) is 63.1 cm³/mol. The SMILES string of the molecule is O=C(O)C1CCCC1CN1CCCCS1(=O)=O. The average molecular weight is 261 g/mol. The Hall–Kier alpha value is -0.620. The minimum Gasteiger partial charge on any atom is -0.481 e. The van der Waals surface area contributed by atoms with Gasteiger partial charge in [-0.2, -0.15) is 0 Å². The lowest BCUT2D eigenvalue weighted by molar-refractivity contribution is -0.143. The quantitative estimate of drug-likeness (QED) is 0.819. The fourth-order valence-corrected chi connectivity index (χ4v) is 4.54. The number of hydrogen-bond acceptors (Lipinski definition) is 3. The molecule has 98 valence electrons. The van der Waals surface area contributed by atoms with Crippen molar-refractivity contribution in [3.63, 3.8) is 0 Å². The maximum Gasteiger partial charge on any atom is 0.306 e. The molecule has 1 aliphatic heterocycles. The molecule has 0 aromatic carbocycles. The molecule has 2 rings (SSSR count). The summed E-state index contributed by atoms with van der Waals surface area (Å²) in [5.74, 6) is -0.910. The van der Waals surface area contributed by atoms with Gasteiger partial charge < -0.3 is 5.11 Å². The van der Waals surface area contributed by atoms with Crippen LogP contribution < -0.4 is 0 Å². The molecule has 1 aliphatic carbocycles. The van der Waals surface area contributed by atoms with Gasteiger partial charge in [0.05, 0.1) is 11.7 Å². The van der Waals surface area contributed by atoms with Gasteiger partial charge in [-0.25, -0.2) is 12.7 Å². The second kappa shape index (κ2) is 4.94. The first kappa shape index (κ1) is 12.8. The molecule has 1 N–H and O–H groups in total. The first-order chi connectivity index (χ1) is 8.00. The van der Waals surface area contributed by atoms with Crippen molar-refractivity contribution in [3.8, 4) is 0 Å². The number of rotatable bonds is 3. The lowest BCUT2D eigenvalue weighted by atomic mass is 9.96. The summed E-state index contributed by atoms with van der Waals surface area (Å²) in [5, 5.41) is 9.08. The molecular formula is C11H19NO4S. The molecule has 6 heteroatoms. The molecule has 0 bridgehead atoms. The van der Waals surface area contributed by atoms with Gasteiger partial charge >= 0.3 is 5.97 Å². The van der Waals surface area contributed by atoms with Crippen molar-refractivity contribution in [2.45, 2.75) is 32.1 Å². The fraction of sp³-hybridized carbons (Fsp3) is 0.909. The van der Waals surface area contributed by atoms with Gasteiger partial charge in [0.2, 0.25) is 10.0 Å². The third-order valence-corrected chi connectivity index (χ3v) is 5.79. The van der Waals surface area contributed by atoms with E-state index >= 15 is 0 Å². The molecule has 2 fully saturated rings. The summed E-state index contributed by atoms with van der Waals surface area (Å²) >= 11 is 0. The van der Waals surface area contributed by atoms with Crippen LogP contribution in [0.2, 0.25) is 0 Å². The van der Waals surface area contributed by atoms with Crippen LogP contribution in [0, 0.1) is 11.8 Å². The van der Waals surface area contributed by atoms with Crippen LogP contribution in [0.5, 0.6) is 0 Å². The number of carboxylic acids is 1. The Labute approximate surface area is 102 Å². The fourth-order valence-electron chi connectivity index (χ4n) is 2.89. The van der Waals surface area contributed by atoms with E-state index in [0.29, 0.717) is 19.5 Å². The summed E-state index contributed by atoms with van der Waals surface area (Å²) < 4.78 is 25.2. The number of carboxylic acid groups (broad SMARTS) is 1. The average Bonchev–Trinajstić information content (AvgIpc) is 2.69. The van der Waals surface area contributed by atoms with E-state index in [2.05, 4.69) is 0 Å². The first-order valence-corrected chi connectivity index (χ1v) is 7.82. The van der Waals surface area contributed by atoms with Gasteiger partial charge in [-0.1, -0.05) is 6.42 Å². The molecule has 0 amide bonds. The summed E-state index contributed by atoms with van der Waals surface area (Å²) in [4.78, 5) is 11.0. The number of nitrogens with zero attached hydrogens (tertiary/aromatic N) is 1. The van der Waals surface area contributed by atoms with Crippen LogP contribution in [-0.4, -0.2) is 42.6 Å². The van der Waals surface area contributed by atoms with Crippen molar-refractivity contribution in [2.24, 2.45) is 11.8 Å². The van der Waals surface area contributed by atoms with E-state index in [0.717, 1.165) is 25.7 Å². The van der Waals surface area contributed by atoms with E-state index in [4.69, 9.17) is 5.11 Å². The van der Waals surface area contributed by atoms with Gasteiger partial charge in [0.1, 0.15) is 0 Å². The zero-order chi connectivity index (χ0) is 12.5. The molecule has 0 spiro atoms. The van der Waals surface area contributed by atoms with Gasteiger partial charge in [0.15, 0.2) is 0 Å². The number of aliphatic carboxylic acids is 1. The smallest absolute Gasteiger partial charge is 0.306 e. The number of carbonyl (C=O) groups is 1. The molecule has 1 heterocycles. The highest BCUT2D eigenvalue weighted by Crippen LogP contribution is 2.33. The summed E-state index contributed by atoms with van der Waals surface area (Å²) in [5.41, 5.74) is 0. The van der Waals surface area contributed by atoms with E-state index in [9.17, 15) is 13.2 Å². The Morgan fingerprint density at radius 3 is 2.65 bits per heavy atom. The Kier molecular flexibility index (Phi) is 3.73. The van der Waals surface area contributed by atoms with Crippen LogP contribution in [0.1, 0.15) is 32.1 Å². The van der Waals surface area contributed by atoms with E-state index in [1.807, 2.05) is 0 Å². The highest BCUT2D eigenvalue weighted by molar-refractivity contribution is 7.89. The third kappa shape index (κ3) is 2.80. The molecular weight excluding hydrogens is 242 g/mol. The second-order valence-corrected chi connectivity index (χ2v) is 7.11. The maximum absolute atomic E-state index is 11.8. The van der Waals surface area contributed by atoms with Crippen LogP contribution >= 0.6 is 0 Å². The van der Waals surface area contributed by atoms with Crippen molar-refractivity contribution in [3.05, 3.63) is 0 Å². The standard InChI is InChI=1S/C11H19NO4S/c13-11(14)10-5-3-4-9(10)8-12-6-1-2-7-17(12,15)16/h9-10H,1-8H2,(H,13,14). The summed E-state index contributed by atoms with van der Waals surface area (Å²) in [6, 6.07) is 0. The molecule has 0 aromatic rings. The molecule has 2 aliphatic rings. The Morgan fingerprint density at radius 1 is 1.24 bits per heavy atom. The highest BCUT2D eigenvalue weighted by atomic mass is 32.2. The lowest BCUT2D eigenvalue weighted by Crippen LogP contribution is -2.42. The summed E-state index contributed by atoms with van der Waals surface area (Å²) in [6.07, 6.45) is 4.04. The van der Waals surface area contributed by atoms with E-state index in [1.165, 1.54) is 4.31 Å². The monoisotopic (exact) mass is 261 g/mol. The Bertz CT molecular complexity index is 392. The van der Waals surface area contributed by atoms with Gasteiger partial charge in [-0.15, -0.1) is 0 Å². The van der Waals surface area contributed by atoms with Gasteiger partial charge in [0.25, 0.3) is 0 Å². The number of sulfonamides is 1. The lowest BCUT2D eigenvalue weighted by Gasteiger charge is -2.29. The van der Waals surface area contributed by atoms with Gasteiger partial charge in [-0.05, 0) is 31.6 Å². The van der Waals surface area contributed by atoms with Crippen molar-refractivity contribution in [2.75, 3.05) is 18.8 Å². The van der Waals surface area contributed by atoms with E-state index < -0.39 is 16.0 Å². The zero-order valence-corrected chi connectivity index (χ0v) is 10.7. The third-order valence-electron chi connectivity index (χ3n) is 3.87. The summed E-state index contributed by atoms with van der Waals surface area (Å²) in [7, 11) is -3.12. The molecule has 0 aromatic heterocycles. The Balaban J connectivity index is 2.02. The van der Waals surface area contributed by atoms with Crippen LogP contribution in [-0.2, 0) is 14.8 Å². The van der Waals surface area contributed by atoms with Crippen molar-refractivity contribution >= 4 is 16.0 Å². The molecule has 1 saturated carbocycles. The largest absolute Gasteiger partial charge is 0.481 e. The van der Waals surface area contributed by atoms with Gasteiger partial charge in [0, 0.05) is 13.1 Å². The first-order valence-electron chi connectivity index (χ1n) is 6.21. The molecule has 5 nitrogen and oxygen atoms in total. The van der Waals surface area contributed by atoms with Crippen molar-refractivity contribution < 1.29 is 18.3 Å². The molecule has 2 unspecified atom stereocenters. The normalized spacial score (nSPS) is 33.6. The Morgan fingerprint density at radius 2 is 2.00 bits per heavy atom. The summed E-state index contributed by atoms with van der Waals surface area (Å²) in [6.45, 7) is 0.963. The predicted octanol–water partition coefficient (Wildman–Crippen LogP) is 0.913. The van der Waals surface area contributed by atoms with Crippen molar-refractivity contribution in [1.82, 2.24) is 4.31 Å². The molecule has 0 radical (unpaired) electrons.